The van der Waals surface area contributed by atoms with E-state index in [0.29, 0.717) is 23.8 Å². The van der Waals surface area contributed by atoms with Crippen LogP contribution in [0.25, 0.3) is 11.5 Å². The molecule has 2 aromatic carbocycles. The minimum atomic E-state index is 0.501. The molecule has 1 aromatic heterocycles. The van der Waals surface area contributed by atoms with Gasteiger partial charge in [0.05, 0.1) is 0 Å². The third kappa shape index (κ3) is 2.94. The van der Waals surface area contributed by atoms with E-state index in [2.05, 4.69) is 42.2 Å². The Hall–Kier alpha value is -2.62. The Labute approximate surface area is 123 Å². The van der Waals surface area contributed by atoms with Crippen molar-refractivity contribution in [2.24, 2.45) is 0 Å². The molecule has 0 bridgehead atoms. The van der Waals surface area contributed by atoms with E-state index in [-0.39, 0.29) is 0 Å². The van der Waals surface area contributed by atoms with Crippen LogP contribution in [0.3, 0.4) is 0 Å². The molecule has 0 aliphatic carbocycles. The van der Waals surface area contributed by atoms with E-state index in [1.807, 2.05) is 24.3 Å². The van der Waals surface area contributed by atoms with Crippen molar-refractivity contribution >= 4 is 5.69 Å². The molecule has 4 heteroatoms. The SMILES string of the molecule is Cc1ccc(Cc2noc(-c3cccc(N)c3)n2)cc1C. The van der Waals surface area contributed by atoms with Crippen molar-refractivity contribution in [3.05, 3.63) is 65.0 Å². The molecule has 4 nitrogen and oxygen atoms in total. The highest BCUT2D eigenvalue weighted by Crippen LogP contribution is 2.20. The standard InChI is InChI=1S/C17H17N3O/c1-11-6-7-13(8-12(11)2)9-16-19-17(21-20-16)14-4-3-5-15(18)10-14/h3-8,10H,9,18H2,1-2H3. The Morgan fingerprint density at radius 3 is 2.67 bits per heavy atom. The number of nitrogens with two attached hydrogens (primary N) is 1. The summed E-state index contributed by atoms with van der Waals surface area (Å²) in [5.74, 6) is 1.18. The summed E-state index contributed by atoms with van der Waals surface area (Å²) in [6.45, 7) is 4.21. The molecule has 0 spiro atoms. The lowest BCUT2D eigenvalue weighted by molar-refractivity contribution is 0.424. The number of rotatable bonds is 3. The van der Waals surface area contributed by atoms with Gasteiger partial charge in [-0.25, -0.2) is 0 Å². The molecule has 3 aromatic rings. The van der Waals surface area contributed by atoms with Crippen LogP contribution >= 0.6 is 0 Å². The Morgan fingerprint density at radius 1 is 1.05 bits per heavy atom. The maximum atomic E-state index is 5.77. The maximum absolute atomic E-state index is 5.77. The van der Waals surface area contributed by atoms with E-state index in [0.717, 1.165) is 5.56 Å². The van der Waals surface area contributed by atoms with E-state index in [4.69, 9.17) is 10.3 Å². The summed E-state index contributed by atoms with van der Waals surface area (Å²) in [7, 11) is 0. The summed E-state index contributed by atoms with van der Waals surface area (Å²) in [4.78, 5) is 4.44. The van der Waals surface area contributed by atoms with Gasteiger partial charge in [-0.05, 0) is 48.7 Å². The molecule has 0 radical (unpaired) electrons. The van der Waals surface area contributed by atoms with E-state index in [1.54, 1.807) is 0 Å². The van der Waals surface area contributed by atoms with Gasteiger partial charge in [-0.1, -0.05) is 29.4 Å². The molecular formula is C17H17N3O. The van der Waals surface area contributed by atoms with Gasteiger partial charge >= 0.3 is 0 Å². The zero-order chi connectivity index (χ0) is 14.8. The lowest BCUT2D eigenvalue weighted by Gasteiger charge is -2.02. The van der Waals surface area contributed by atoms with Crippen LogP contribution in [-0.2, 0) is 6.42 Å². The van der Waals surface area contributed by atoms with Crippen molar-refractivity contribution in [1.29, 1.82) is 0 Å². The first-order valence-corrected chi connectivity index (χ1v) is 6.86. The lowest BCUT2D eigenvalue weighted by atomic mass is 10.0. The average molecular weight is 279 g/mol. The zero-order valence-corrected chi connectivity index (χ0v) is 12.1. The number of nitrogen functional groups attached to an aromatic ring is 1. The highest BCUT2D eigenvalue weighted by atomic mass is 16.5. The summed E-state index contributed by atoms with van der Waals surface area (Å²) in [5.41, 5.74) is 11.0. The molecule has 0 fully saturated rings. The zero-order valence-electron chi connectivity index (χ0n) is 12.1. The van der Waals surface area contributed by atoms with Crippen LogP contribution in [0.4, 0.5) is 5.69 Å². The number of aryl methyl sites for hydroxylation is 2. The predicted molar refractivity (Wildman–Crippen MR) is 82.9 cm³/mol. The van der Waals surface area contributed by atoms with Gasteiger partial charge in [-0.3, -0.25) is 0 Å². The minimum Gasteiger partial charge on any atom is -0.399 e. The fourth-order valence-electron chi connectivity index (χ4n) is 2.21. The molecule has 0 atom stereocenters. The fourth-order valence-corrected chi connectivity index (χ4v) is 2.21. The first kappa shape index (κ1) is 13.4. The van der Waals surface area contributed by atoms with E-state index in [1.165, 1.54) is 16.7 Å². The smallest absolute Gasteiger partial charge is 0.258 e. The van der Waals surface area contributed by atoms with Gasteiger partial charge in [0, 0.05) is 17.7 Å². The van der Waals surface area contributed by atoms with Gasteiger partial charge in [0.15, 0.2) is 5.82 Å². The molecule has 2 N–H and O–H groups in total. The van der Waals surface area contributed by atoms with Gasteiger partial charge in [-0.2, -0.15) is 4.98 Å². The highest BCUT2D eigenvalue weighted by molar-refractivity contribution is 5.59. The fraction of sp³-hybridized carbons (Fsp3) is 0.176. The Bertz CT molecular complexity index is 777. The molecule has 0 amide bonds. The summed E-state index contributed by atoms with van der Waals surface area (Å²) in [6.07, 6.45) is 0.660. The first-order chi connectivity index (χ1) is 10.1. The second-order valence-electron chi connectivity index (χ2n) is 5.24. The molecular weight excluding hydrogens is 262 g/mol. The molecule has 0 unspecified atom stereocenters. The van der Waals surface area contributed by atoms with Crippen LogP contribution in [0.2, 0.25) is 0 Å². The Morgan fingerprint density at radius 2 is 1.90 bits per heavy atom. The maximum Gasteiger partial charge on any atom is 0.258 e. The largest absolute Gasteiger partial charge is 0.399 e. The first-order valence-electron chi connectivity index (χ1n) is 6.86. The summed E-state index contributed by atoms with van der Waals surface area (Å²) in [6, 6.07) is 13.8. The molecule has 0 aliphatic rings. The topological polar surface area (TPSA) is 64.9 Å². The second-order valence-corrected chi connectivity index (χ2v) is 5.24. The van der Waals surface area contributed by atoms with E-state index >= 15 is 0 Å². The third-order valence-electron chi connectivity index (χ3n) is 3.54. The molecule has 1 heterocycles. The van der Waals surface area contributed by atoms with Crippen molar-refractivity contribution in [2.75, 3.05) is 5.73 Å². The molecule has 3 rings (SSSR count). The number of hydrogen-bond acceptors (Lipinski definition) is 4. The van der Waals surface area contributed by atoms with Crippen LogP contribution in [-0.4, -0.2) is 10.1 Å². The van der Waals surface area contributed by atoms with Crippen LogP contribution in [0.15, 0.2) is 47.0 Å². The molecule has 21 heavy (non-hydrogen) atoms. The quantitative estimate of drug-likeness (QED) is 0.745. The number of aromatic nitrogens is 2. The summed E-state index contributed by atoms with van der Waals surface area (Å²) < 4.78 is 5.32. The number of anilines is 1. The van der Waals surface area contributed by atoms with Gasteiger partial charge in [-0.15, -0.1) is 0 Å². The van der Waals surface area contributed by atoms with Gasteiger partial charge < -0.3 is 10.3 Å². The summed E-state index contributed by atoms with van der Waals surface area (Å²) in [5, 5.41) is 4.04. The van der Waals surface area contributed by atoms with Crippen LogP contribution in [0.1, 0.15) is 22.5 Å². The highest BCUT2D eigenvalue weighted by Gasteiger charge is 2.10. The van der Waals surface area contributed by atoms with Crippen molar-refractivity contribution < 1.29 is 4.52 Å². The molecule has 0 saturated carbocycles. The van der Waals surface area contributed by atoms with Crippen molar-refractivity contribution in [1.82, 2.24) is 10.1 Å². The van der Waals surface area contributed by atoms with Crippen LogP contribution in [0.5, 0.6) is 0 Å². The lowest BCUT2D eigenvalue weighted by Crippen LogP contribution is -1.93. The van der Waals surface area contributed by atoms with Crippen molar-refractivity contribution in [3.63, 3.8) is 0 Å². The average Bonchev–Trinajstić information content (AvgIpc) is 2.91. The number of benzene rings is 2. The van der Waals surface area contributed by atoms with Gasteiger partial charge in [0.25, 0.3) is 5.89 Å². The minimum absolute atomic E-state index is 0.501. The number of nitrogens with zero attached hydrogens (tertiary/aromatic N) is 2. The predicted octanol–water partition coefficient (Wildman–Crippen LogP) is 3.53. The normalized spacial score (nSPS) is 10.8. The van der Waals surface area contributed by atoms with Gasteiger partial charge in [0.1, 0.15) is 0 Å². The van der Waals surface area contributed by atoms with Crippen LogP contribution < -0.4 is 5.73 Å². The Balaban J connectivity index is 1.83. The van der Waals surface area contributed by atoms with Crippen molar-refractivity contribution in [3.8, 4) is 11.5 Å². The molecule has 0 aliphatic heterocycles. The molecule has 0 saturated heterocycles. The monoisotopic (exact) mass is 279 g/mol. The third-order valence-corrected chi connectivity index (χ3v) is 3.54. The molecule has 106 valence electrons. The summed E-state index contributed by atoms with van der Waals surface area (Å²) >= 11 is 0. The second kappa shape index (κ2) is 5.40. The number of hydrogen-bond donors (Lipinski definition) is 1. The van der Waals surface area contributed by atoms with E-state index < -0.39 is 0 Å². The van der Waals surface area contributed by atoms with Crippen molar-refractivity contribution in [2.45, 2.75) is 20.3 Å². The Kier molecular flexibility index (Phi) is 3.44. The van der Waals surface area contributed by atoms with E-state index in [9.17, 15) is 0 Å². The van der Waals surface area contributed by atoms with Crippen LogP contribution in [0, 0.1) is 13.8 Å². The van der Waals surface area contributed by atoms with Gasteiger partial charge in [0.2, 0.25) is 0 Å².